The minimum atomic E-state index is -0.437. The van der Waals surface area contributed by atoms with Crippen LogP contribution < -0.4 is 10.2 Å². The maximum absolute atomic E-state index is 12.4. The minimum absolute atomic E-state index is 0.128. The van der Waals surface area contributed by atoms with Gasteiger partial charge in [-0.1, -0.05) is 12.1 Å². The van der Waals surface area contributed by atoms with Crippen molar-refractivity contribution >= 4 is 34.9 Å². The molecule has 1 N–H and O–H groups in total. The van der Waals surface area contributed by atoms with E-state index in [9.17, 15) is 19.2 Å². The van der Waals surface area contributed by atoms with Crippen LogP contribution in [-0.4, -0.2) is 36.7 Å². The summed E-state index contributed by atoms with van der Waals surface area (Å²) in [4.78, 5) is 48.9. The lowest BCUT2D eigenvalue weighted by molar-refractivity contribution is -0.120. The smallest absolute Gasteiger partial charge is 0.338 e. The van der Waals surface area contributed by atoms with Gasteiger partial charge < -0.3 is 15.0 Å². The van der Waals surface area contributed by atoms with Gasteiger partial charge in [0.25, 0.3) is 0 Å². The molecule has 28 heavy (non-hydrogen) atoms. The van der Waals surface area contributed by atoms with Crippen LogP contribution >= 0.6 is 0 Å². The van der Waals surface area contributed by atoms with Crippen LogP contribution in [-0.2, 0) is 14.3 Å². The van der Waals surface area contributed by atoms with Gasteiger partial charge in [0.1, 0.15) is 6.54 Å². The number of amides is 2. The van der Waals surface area contributed by atoms with Gasteiger partial charge in [0, 0.05) is 23.9 Å². The Kier molecular flexibility index (Phi) is 7.03. The Balaban J connectivity index is 2.09. The van der Waals surface area contributed by atoms with Crippen molar-refractivity contribution in [2.75, 3.05) is 23.4 Å². The topological polar surface area (TPSA) is 92.8 Å². The van der Waals surface area contributed by atoms with Crippen molar-refractivity contribution in [3.05, 3.63) is 59.7 Å². The van der Waals surface area contributed by atoms with Crippen LogP contribution in [0.2, 0.25) is 0 Å². The van der Waals surface area contributed by atoms with E-state index in [1.165, 1.54) is 18.7 Å². The lowest BCUT2D eigenvalue weighted by Crippen LogP contribution is -2.36. The zero-order chi connectivity index (χ0) is 20.7. The van der Waals surface area contributed by atoms with Gasteiger partial charge in [-0.15, -0.1) is 0 Å². The first-order chi connectivity index (χ1) is 13.3. The second kappa shape index (κ2) is 9.45. The van der Waals surface area contributed by atoms with Crippen molar-refractivity contribution < 1.29 is 23.9 Å². The quantitative estimate of drug-likeness (QED) is 0.587. The number of esters is 1. The highest BCUT2D eigenvalue weighted by atomic mass is 16.5. The minimum Gasteiger partial charge on any atom is -0.462 e. The van der Waals surface area contributed by atoms with Crippen LogP contribution in [0.15, 0.2) is 48.5 Å². The molecule has 0 heterocycles. The summed E-state index contributed by atoms with van der Waals surface area (Å²) in [6.07, 6.45) is 0. The van der Waals surface area contributed by atoms with Crippen LogP contribution in [0.3, 0.4) is 0 Å². The molecule has 0 atom stereocenters. The predicted octanol–water partition coefficient (Wildman–Crippen LogP) is 3.06. The summed E-state index contributed by atoms with van der Waals surface area (Å²) in [5, 5.41) is 2.68. The molecule has 0 aliphatic rings. The number of benzene rings is 2. The average molecular weight is 382 g/mol. The third-order valence-electron chi connectivity index (χ3n) is 3.93. The Morgan fingerprint density at radius 1 is 0.964 bits per heavy atom. The van der Waals surface area contributed by atoms with Gasteiger partial charge in [0.05, 0.1) is 12.2 Å². The third-order valence-corrected chi connectivity index (χ3v) is 3.93. The molecule has 0 fully saturated rings. The summed E-state index contributed by atoms with van der Waals surface area (Å²) in [6, 6.07) is 12.8. The number of nitrogens with one attached hydrogen (secondary N) is 1. The van der Waals surface area contributed by atoms with Crippen molar-refractivity contribution in [1.29, 1.82) is 0 Å². The van der Waals surface area contributed by atoms with Gasteiger partial charge in [0.15, 0.2) is 5.78 Å². The number of carbonyl (C=O) groups is 4. The van der Waals surface area contributed by atoms with Crippen LogP contribution in [0.25, 0.3) is 0 Å². The number of nitrogens with zero attached hydrogens (tertiary/aromatic N) is 1. The average Bonchev–Trinajstić information content (AvgIpc) is 2.66. The largest absolute Gasteiger partial charge is 0.462 e. The molecule has 0 unspecified atom stereocenters. The van der Waals surface area contributed by atoms with E-state index in [4.69, 9.17) is 4.74 Å². The molecule has 7 nitrogen and oxygen atoms in total. The lowest BCUT2D eigenvalue weighted by Gasteiger charge is -2.21. The third kappa shape index (κ3) is 5.51. The molecular formula is C21H22N2O5. The van der Waals surface area contributed by atoms with E-state index in [-0.39, 0.29) is 24.8 Å². The Morgan fingerprint density at radius 2 is 1.64 bits per heavy atom. The molecule has 2 aromatic carbocycles. The monoisotopic (exact) mass is 382 g/mol. The molecule has 7 heteroatoms. The Bertz CT molecular complexity index is 890. The van der Waals surface area contributed by atoms with Gasteiger partial charge >= 0.3 is 5.97 Å². The molecule has 0 saturated heterocycles. The highest BCUT2D eigenvalue weighted by Crippen LogP contribution is 2.18. The van der Waals surface area contributed by atoms with Gasteiger partial charge in [-0.25, -0.2) is 4.79 Å². The second-order valence-corrected chi connectivity index (χ2v) is 6.06. The molecule has 0 bridgehead atoms. The van der Waals surface area contributed by atoms with Crippen molar-refractivity contribution in [2.24, 2.45) is 0 Å². The number of hydrogen-bond acceptors (Lipinski definition) is 5. The van der Waals surface area contributed by atoms with E-state index in [1.807, 2.05) is 0 Å². The molecule has 0 aliphatic heterocycles. The highest BCUT2D eigenvalue weighted by Gasteiger charge is 2.17. The van der Waals surface area contributed by atoms with Crippen molar-refractivity contribution in [3.63, 3.8) is 0 Å². The summed E-state index contributed by atoms with van der Waals surface area (Å²) in [5.41, 5.74) is 1.79. The zero-order valence-corrected chi connectivity index (χ0v) is 16.0. The number of carbonyl (C=O) groups excluding carboxylic acids is 4. The first kappa shape index (κ1) is 20.8. The summed E-state index contributed by atoms with van der Waals surface area (Å²) >= 11 is 0. The number of Topliss-reactive ketones (excluding diaryl/α,β-unsaturated/α-hetero) is 1. The van der Waals surface area contributed by atoms with E-state index in [2.05, 4.69) is 5.32 Å². The predicted molar refractivity (Wildman–Crippen MR) is 106 cm³/mol. The molecule has 2 rings (SSSR count). The molecular weight excluding hydrogens is 360 g/mol. The SMILES string of the molecule is CCOC(=O)c1ccc(NC(=O)CN(C(C)=O)c2cccc(C(C)=O)c2)cc1. The molecule has 0 saturated carbocycles. The normalized spacial score (nSPS) is 10.1. The van der Waals surface area contributed by atoms with Gasteiger partial charge in [-0.3, -0.25) is 14.4 Å². The molecule has 0 spiro atoms. The standard InChI is InChI=1S/C21H22N2O5/c1-4-28-21(27)16-8-10-18(11-9-16)22-20(26)13-23(15(3)25)19-7-5-6-17(12-19)14(2)24/h5-12H,4,13H2,1-3H3,(H,22,26). The molecule has 0 aromatic heterocycles. The Morgan fingerprint density at radius 3 is 2.21 bits per heavy atom. The molecule has 0 aliphatic carbocycles. The summed E-state index contributed by atoms with van der Waals surface area (Å²) in [6.45, 7) is 4.57. The molecule has 2 aromatic rings. The zero-order valence-electron chi connectivity index (χ0n) is 16.0. The van der Waals surface area contributed by atoms with Crippen LogP contribution in [0.1, 0.15) is 41.5 Å². The van der Waals surface area contributed by atoms with E-state index < -0.39 is 11.9 Å². The second-order valence-electron chi connectivity index (χ2n) is 6.06. The fraction of sp³-hybridized carbons (Fsp3) is 0.238. The van der Waals surface area contributed by atoms with Gasteiger partial charge in [-0.2, -0.15) is 0 Å². The molecule has 2 amide bonds. The van der Waals surface area contributed by atoms with E-state index >= 15 is 0 Å². The summed E-state index contributed by atoms with van der Waals surface area (Å²) in [5.74, 6) is -1.30. The number of ether oxygens (including phenoxy) is 1. The number of anilines is 2. The van der Waals surface area contributed by atoms with E-state index in [1.54, 1.807) is 55.5 Å². The van der Waals surface area contributed by atoms with Crippen LogP contribution in [0.4, 0.5) is 11.4 Å². The van der Waals surface area contributed by atoms with Crippen molar-refractivity contribution in [2.45, 2.75) is 20.8 Å². The number of hydrogen-bond donors (Lipinski definition) is 1. The fourth-order valence-electron chi connectivity index (χ4n) is 2.53. The first-order valence-corrected chi connectivity index (χ1v) is 8.78. The van der Waals surface area contributed by atoms with Crippen LogP contribution in [0.5, 0.6) is 0 Å². The highest BCUT2D eigenvalue weighted by molar-refractivity contribution is 6.03. The Labute approximate surface area is 163 Å². The summed E-state index contributed by atoms with van der Waals surface area (Å²) in [7, 11) is 0. The summed E-state index contributed by atoms with van der Waals surface area (Å²) < 4.78 is 4.91. The van der Waals surface area contributed by atoms with Gasteiger partial charge in [-0.05, 0) is 50.2 Å². The lowest BCUT2D eigenvalue weighted by atomic mass is 10.1. The number of rotatable bonds is 7. The molecule has 146 valence electrons. The maximum Gasteiger partial charge on any atom is 0.338 e. The van der Waals surface area contributed by atoms with Crippen molar-refractivity contribution in [3.8, 4) is 0 Å². The van der Waals surface area contributed by atoms with E-state index in [0.717, 1.165) is 0 Å². The van der Waals surface area contributed by atoms with E-state index in [0.29, 0.717) is 22.5 Å². The number of ketones is 1. The van der Waals surface area contributed by atoms with Gasteiger partial charge in [0.2, 0.25) is 11.8 Å². The Hall–Kier alpha value is -3.48. The van der Waals surface area contributed by atoms with Crippen LogP contribution in [0, 0.1) is 0 Å². The fourth-order valence-corrected chi connectivity index (χ4v) is 2.53. The van der Waals surface area contributed by atoms with Crippen molar-refractivity contribution in [1.82, 2.24) is 0 Å². The first-order valence-electron chi connectivity index (χ1n) is 8.78. The maximum atomic E-state index is 12.4. The molecule has 0 radical (unpaired) electrons.